The number of amides is 1. The summed E-state index contributed by atoms with van der Waals surface area (Å²) in [6.07, 6.45) is 0.819. The molecule has 0 saturated carbocycles. The second-order valence-corrected chi connectivity index (χ2v) is 7.23. The predicted octanol–water partition coefficient (Wildman–Crippen LogP) is 2.65. The van der Waals surface area contributed by atoms with Crippen LogP contribution in [0.3, 0.4) is 0 Å². The maximum atomic E-state index is 14.0. The second kappa shape index (κ2) is 7.28. The van der Waals surface area contributed by atoms with Crippen molar-refractivity contribution in [3.63, 3.8) is 0 Å². The molecule has 2 bridgehead atoms. The fourth-order valence-corrected chi connectivity index (χ4v) is 3.59. The van der Waals surface area contributed by atoms with Gasteiger partial charge in [0.25, 0.3) is 5.91 Å². The number of carbonyl (C=O) groups excluding carboxylic acids is 1. The largest absolute Gasteiger partial charge is 0.482 e. The van der Waals surface area contributed by atoms with Crippen LogP contribution in [0.2, 0.25) is 0 Å². The van der Waals surface area contributed by atoms with E-state index in [0.29, 0.717) is 22.5 Å². The molecule has 10 heteroatoms. The van der Waals surface area contributed by atoms with Gasteiger partial charge in [0.1, 0.15) is 23.7 Å². The smallest absolute Gasteiger partial charge is 0.272 e. The van der Waals surface area contributed by atoms with Gasteiger partial charge in [-0.3, -0.25) is 19.5 Å². The summed E-state index contributed by atoms with van der Waals surface area (Å²) in [4.78, 5) is 17.5. The van der Waals surface area contributed by atoms with Crippen LogP contribution in [-0.2, 0) is 7.05 Å². The van der Waals surface area contributed by atoms with Crippen molar-refractivity contribution in [2.45, 2.75) is 13.0 Å². The third kappa shape index (κ3) is 3.20. The number of ether oxygens (including phenoxy) is 1. The average molecular weight is 421 g/mol. The number of hydrazine groups is 1. The van der Waals surface area contributed by atoms with Crippen LogP contribution in [0, 0.1) is 17.1 Å². The molecule has 1 amide bonds. The van der Waals surface area contributed by atoms with Gasteiger partial charge in [0.05, 0.1) is 5.56 Å². The third-order valence-electron chi connectivity index (χ3n) is 5.34. The van der Waals surface area contributed by atoms with Crippen LogP contribution in [0.4, 0.5) is 16.0 Å². The lowest BCUT2D eigenvalue weighted by molar-refractivity contribution is 0.0780. The van der Waals surface area contributed by atoms with E-state index in [1.165, 1.54) is 39.1 Å². The minimum absolute atomic E-state index is 0.131. The highest BCUT2D eigenvalue weighted by molar-refractivity contribution is 5.97. The van der Waals surface area contributed by atoms with Crippen LogP contribution in [0.15, 0.2) is 30.5 Å². The summed E-state index contributed by atoms with van der Waals surface area (Å²) >= 11 is 0. The Hall–Kier alpha value is -4.13. The van der Waals surface area contributed by atoms with E-state index in [1.807, 2.05) is 0 Å². The number of hydrogen-bond acceptors (Lipinski definition) is 7. The molecule has 1 aliphatic rings. The Morgan fingerprint density at radius 2 is 1.97 bits per heavy atom. The van der Waals surface area contributed by atoms with Crippen molar-refractivity contribution >= 4 is 17.5 Å². The van der Waals surface area contributed by atoms with E-state index in [1.54, 1.807) is 34.1 Å². The minimum Gasteiger partial charge on any atom is -0.482 e. The Labute approximate surface area is 178 Å². The van der Waals surface area contributed by atoms with Gasteiger partial charge in [-0.2, -0.15) is 10.4 Å². The summed E-state index contributed by atoms with van der Waals surface area (Å²) in [5.74, 6) is -0.131. The molecule has 0 unspecified atom stereocenters. The molecular weight excluding hydrogens is 401 g/mol. The first kappa shape index (κ1) is 20.2. The van der Waals surface area contributed by atoms with Gasteiger partial charge in [0, 0.05) is 44.0 Å². The SMILES string of the molecule is C[C@H]1Oc2cc(cnc2N)-c2c(nn(C)c2C#N)N(C)N(C)C(=O)c2ccc(F)cc21. The second-order valence-electron chi connectivity index (χ2n) is 7.23. The number of aromatic nitrogens is 3. The zero-order chi connectivity index (χ0) is 22.4. The van der Waals surface area contributed by atoms with E-state index in [4.69, 9.17) is 10.5 Å². The number of rotatable bonds is 0. The maximum absolute atomic E-state index is 14.0. The number of nitriles is 1. The van der Waals surface area contributed by atoms with Gasteiger partial charge < -0.3 is 10.5 Å². The highest BCUT2D eigenvalue weighted by Crippen LogP contribution is 2.38. The molecule has 0 radical (unpaired) electrons. The van der Waals surface area contributed by atoms with Gasteiger partial charge in [-0.15, -0.1) is 0 Å². The average Bonchev–Trinajstić information content (AvgIpc) is 3.09. The summed E-state index contributed by atoms with van der Waals surface area (Å²) in [7, 11) is 4.87. The van der Waals surface area contributed by atoms with Crippen molar-refractivity contribution in [3.8, 4) is 22.9 Å². The molecule has 9 nitrogen and oxygen atoms in total. The molecular formula is C21H20FN7O2. The van der Waals surface area contributed by atoms with Crippen LogP contribution >= 0.6 is 0 Å². The third-order valence-corrected chi connectivity index (χ3v) is 5.34. The summed E-state index contributed by atoms with van der Waals surface area (Å²) in [6, 6.07) is 7.72. The van der Waals surface area contributed by atoms with Gasteiger partial charge in [-0.05, 0) is 31.2 Å². The topological polar surface area (TPSA) is 113 Å². The number of nitrogens with two attached hydrogens (primary N) is 1. The van der Waals surface area contributed by atoms with E-state index < -0.39 is 17.8 Å². The van der Waals surface area contributed by atoms with E-state index >= 15 is 0 Å². The number of benzene rings is 1. The zero-order valence-electron chi connectivity index (χ0n) is 17.4. The molecule has 1 aromatic carbocycles. The maximum Gasteiger partial charge on any atom is 0.272 e. The Morgan fingerprint density at radius 1 is 1.23 bits per heavy atom. The van der Waals surface area contributed by atoms with Crippen molar-refractivity contribution in [1.82, 2.24) is 19.8 Å². The number of anilines is 2. The molecule has 2 N–H and O–H groups in total. The summed E-state index contributed by atoms with van der Waals surface area (Å²) in [5.41, 5.74) is 7.97. The Kier molecular flexibility index (Phi) is 4.74. The summed E-state index contributed by atoms with van der Waals surface area (Å²) in [6.45, 7) is 1.70. The predicted molar refractivity (Wildman–Crippen MR) is 112 cm³/mol. The molecule has 4 rings (SSSR count). The number of pyridine rings is 1. The van der Waals surface area contributed by atoms with Crippen LogP contribution in [-0.4, -0.2) is 39.8 Å². The van der Waals surface area contributed by atoms with E-state index in [-0.39, 0.29) is 22.8 Å². The number of carbonyl (C=O) groups is 1. The number of nitrogens with zero attached hydrogens (tertiary/aromatic N) is 6. The fourth-order valence-electron chi connectivity index (χ4n) is 3.59. The molecule has 1 atom stereocenters. The van der Waals surface area contributed by atoms with E-state index in [9.17, 15) is 14.4 Å². The van der Waals surface area contributed by atoms with Crippen LogP contribution in [0.1, 0.15) is 34.6 Å². The lowest BCUT2D eigenvalue weighted by Gasteiger charge is -2.31. The Balaban J connectivity index is 2.03. The van der Waals surface area contributed by atoms with Crippen LogP contribution in [0.5, 0.6) is 5.75 Å². The molecule has 0 spiro atoms. The number of aryl methyl sites for hydroxylation is 1. The van der Waals surface area contributed by atoms with Gasteiger partial charge in [-0.25, -0.2) is 9.37 Å². The molecule has 31 heavy (non-hydrogen) atoms. The summed E-state index contributed by atoms with van der Waals surface area (Å²) < 4.78 is 21.5. The van der Waals surface area contributed by atoms with Gasteiger partial charge in [0.15, 0.2) is 17.4 Å². The molecule has 0 aliphatic carbocycles. The van der Waals surface area contributed by atoms with Crippen molar-refractivity contribution in [1.29, 1.82) is 5.26 Å². The first-order chi connectivity index (χ1) is 14.7. The number of halogens is 1. The minimum atomic E-state index is -0.698. The number of nitrogen functional groups attached to an aromatic ring is 1. The highest BCUT2D eigenvalue weighted by atomic mass is 19.1. The molecule has 0 fully saturated rings. The first-order valence-corrected chi connectivity index (χ1v) is 9.43. The lowest BCUT2D eigenvalue weighted by Crippen LogP contribution is -2.42. The van der Waals surface area contributed by atoms with Crippen molar-refractivity contribution in [2.75, 3.05) is 24.8 Å². The van der Waals surface area contributed by atoms with Gasteiger partial charge in [-0.1, -0.05) is 0 Å². The van der Waals surface area contributed by atoms with Crippen LogP contribution < -0.4 is 15.5 Å². The highest BCUT2D eigenvalue weighted by Gasteiger charge is 2.29. The van der Waals surface area contributed by atoms with Crippen molar-refractivity contribution < 1.29 is 13.9 Å². The normalized spacial score (nSPS) is 15.9. The molecule has 3 aromatic rings. The Morgan fingerprint density at radius 3 is 2.68 bits per heavy atom. The zero-order valence-corrected chi connectivity index (χ0v) is 17.4. The van der Waals surface area contributed by atoms with E-state index in [2.05, 4.69) is 16.2 Å². The number of fused-ring (bicyclic) bond motifs is 5. The monoisotopic (exact) mass is 421 g/mol. The van der Waals surface area contributed by atoms with Crippen molar-refractivity contribution in [3.05, 3.63) is 53.1 Å². The molecule has 0 saturated heterocycles. The fraction of sp³-hybridized carbons (Fsp3) is 0.238. The van der Waals surface area contributed by atoms with Crippen molar-refractivity contribution in [2.24, 2.45) is 7.05 Å². The van der Waals surface area contributed by atoms with Gasteiger partial charge in [0.2, 0.25) is 0 Å². The lowest BCUT2D eigenvalue weighted by atomic mass is 10.0. The first-order valence-electron chi connectivity index (χ1n) is 9.43. The molecule has 3 heterocycles. The van der Waals surface area contributed by atoms with Crippen LogP contribution in [0.25, 0.3) is 11.1 Å². The standard InChI is InChI=1S/C21H20FN7O2/c1-11-15-8-13(22)5-6-14(15)21(30)29(4)28(3)20-18(16(9-23)27(2)26-20)12-7-17(31-11)19(24)25-10-12/h5-8,10-11H,1-4H3,(H2,24,25)/t11-/m1/s1. The number of hydrogen-bond donors (Lipinski definition) is 1. The Bertz CT molecular complexity index is 1250. The van der Waals surface area contributed by atoms with Gasteiger partial charge >= 0.3 is 0 Å². The summed E-state index contributed by atoms with van der Waals surface area (Å²) in [5, 5.41) is 17.0. The quantitative estimate of drug-likeness (QED) is 0.594. The van der Waals surface area contributed by atoms with E-state index in [0.717, 1.165) is 0 Å². The molecule has 2 aromatic heterocycles. The molecule has 1 aliphatic heterocycles. The molecule has 158 valence electrons.